The second-order valence-corrected chi connectivity index (χ2v) is 9.01. The Morgan fingerprint density at radius 2 is 1.93 bits per heavy atom. The zero-order valence-electron chi connectivity index (χ0n) is 15.2. The van der Waals surface area contributed by atoms with Crippen molar-refractivity contribution in [3.8, 4) is 5.75 Å². The number of hydrogen-bond donors (Lipinski definition) is 3. The van der Waals surface area contributed by atoms with Crippen LogP contribution < -0.4 is 21.0 Å². The standard InChI is InChI=1S/C19H17Br3N4O3/c1-10-6-16(25-24-10)18(27)26-23-9-11-7-12(20)8-15(22)17(11)29-19(28)13-4-2-3-5-14(13)21/h2-5,7-10,16,24-25H,6H2,1H3,(H,26,27)/b23-9+. The Labute approximate surface area is 193 Å². The van der Waals surface area contributed by atoms with Crippen molar-refractivity contribution in [3.05, 3.63) is 60.9 Å². The van der Waals surface area contributed by atoms with Gasteiger partial charge in [0.15, 0.2) is 5.75 Å². The fraction of sp³-hybridized carbons (Fsp3) is 0.211. The molecule has 1 heterocycles. The SMILES string of the molecule is CC1CC(C(=O)N/N=C/c2cc(Br)cc(Br)c2OC(=O)c2ccccc2Br)NN1. The van der Waals surface area contributed by atoms with Crippen LogP contribution in [0.3, 0.4) is 0 Å². The van der Waals surface area contributed by atoms with E-state index in [4.69, 9.17) is 4.74 Å². The van der Waals surface area contributed by atoms with Crippen LogP contribution in [0.15, 0.2) is 54.9 Å². The van der Waals surface area contributed by atoms with Gasteiger partial charge in [0, 0.05) is 20.6 Å². The van der Waals surface area contributed by atoms with Crippen LogP contribution in [0.5, 0.6) is 5.75 Å². The van der Waals surface area contributed by atoms with Gasteiger partial charge in [-0.1, -0.05) is 28.1 Å². The van der Waals surface area contributed by atoms with Crippen LogP contribution in [0.25, 0.3) is 0 Å². The van der Waals surface area contributed by atoms with Crippen LogP contribution >= 0.6 is 47.8 Å². The molecule has 2 aromatic rings. The normalized spacial score (nSPS) is 18.8. The Balaban J connectivity index is 1.77. The van der Waals surface area contributed by atoms with Gasteiger partial charge < -0.3 is 4.74 Å². The van der Waals surface area contributed by atoms with E-state index in [1.807, 2.05) is 13.0 Å². The molecule has 1 fully saturated rings. The molecule has 0 saturated carbocycles. The lowest BCUT2D eigenvalue weighted by atomic mass is 10.1. The molecule has 10 heteroatoms. The molecule has 0 aliphatic carbocycles. The Kier molecular flexibility index (Phi) is 7.58. The fourth-order valence-corrected chi connectivity index (χ4v) is 4.47. The van der Waals surface area contributed by atoms with Crippen LogP contribution in [-0.4, -0.2) is 30.2 Å². The molecule has 0 spiro atoms. The van der Waals surface area contributed by atoms with Crippen molar-refractivity contribution in [2.75, 3.05) is 0 Å². The Hall–Kier alpha value is -1.59. The number of hydrogen-bond acceptors (Lipinski definition) is 6. The smallest absolute Gasteiger partial charge is 0.344 e. The third kappa shape index (κ3) is 5.73. The molecule has 0 radical (unpaired) electrons. The Bertz CT molecular complexity index is 968. The molecule has 29 heavy (non-hydrogen) atoms. The fourth-order valence-electron chi connectivity index (χ4n) is 2.69. The number of halogens is 3. The molecule has 1 amide bonds. The van der Waals surface area contributed by atoms with E-state index >= 15 is 0 Å². The Morgan fingerprint density at radius 3 is 2.62 bits per heavy atom. The van der Waals surface area contributed by atoms with Crippen molar-refractivity contribution in [1.82, 2.24) is 16.3 Å². The van der Waals surface area contributed by atoms with Gasteiger partial charge in [-0.3, -0.25) is 10.2 Å². The number of benzene rings is 2. The first-order valence-electron chi connectivity index (χ1n) is 8.65. The number of rotatable bonds is 5. The van der Waals surface area contributed by atoms with Gasteiger partial charge in [0.1, 0.15) is 6.04 Å². The zero-order chi connectivity index (χ0) is 21.0. The summed E-state index contributed by atoms with van der Waals surface area (Å²) in [6.45, 7) is 1.98. The summed E-state index contributed by atoms with van der Waals surface area (Å²) in [4.78, 5) is 24.8. The highest BCUT2D eigenvalue weighted by atomic mass is 79.9. The lowest BCUT2D eigenvalue weighted by Crippen LogP contribution is -2.41. The molecule has 2 atom stereocenters. The molecular formula is C19H17Br3N4O3. The van der Waals surface area contributed by atoms with E-state index in [0.29, 0.717) is 32.2 Å². The average Bonchev–Trinajstić information content (AvgIpc) is 3.11. The number of amides is 1. The number of hydrazone groups is 1. The minimum atomic E-state index is -0.519. The summed E-state index contributed by atoms with van der Waals surface area (Å²) in [6.07, 6.45) is 2.10. The maximum atomic E-state index is 12.6. The number of ether oxygens (including phenoxy) is 1. The van der Waals surface area contributed by atoms with E-state index in [0.717, 1.165) is 4.47 Å². The quantitative estimate of drug-likeness (QED) is 0.213. The highest BCUT2D eigenvalue weighted by Crippen LogP contribution is 2.33. The number of hydrazine groups is 1. The van der Waals surface area contributed by atoms with Crippen molar-refractivity contribution in [2.45, 2.75) is 25.4 Å². The molecule has 2 unspecified atom stereocenters. The second kappa shape index (κ2) is 9.94. The minimum Gasteiger partial charge on any atom is -0.421 e. The van der Waals surface area contributed by atoms with E-state index in [-0.39, 0.29) is 18.0 Å². The summed E-state index contributed by atoms with van der Waals surface area (Å²) in [5, 5.41) is 4.02. The van der Waals surface area contributed by atoms with Crippen molar-refractivity contribution in [1.29, 1.82) is 0 Å². The summed E-state index contributed by atoms with van der Waals surface area (Å²) in [7, 11) is 0. The van der Waals surface area contributed by atoms with Gasteiger partial charge in [-0.05, 0) is 69.5 Å². The molecule has 0 bridgehead atoms. The van der Waals surface area contributed by atoms with E-state index in [2.05, 4.69) is 69.2 Å². The molecule has 1 aliphatic heterocycles. The van der Waals surface area contributed by atoms with Crippen LogP contribution in [0.2, 0.25) is 0 Å². The van der Waals surface area contributed by atoms with Crippen LogP contribution in [0.1, 0.15) is 29.3 Å². The van der Waals surface area contributed by atoms with Gasteiger partial charge in [-0.25, -0.2) is 15.6 Å². The first-order chi connectivity index (χ1) is 13.8. The molecule has 1 aliphatic rings. The lowest BCUT2D eigenvalue weighted by molar-refractivity contribution is -0.122. The van der Waals surface area contributed by atoms with E-state index in [1.54, 1.807) is 30.3 Å². The molecule has 2 aromatic carbocycles. The van der Waals surface area contributed by atoms with Crippen molar-refractivity contribution in [2.24, 2.45) is 5.10 Å². The number of carbonyl (C=O) groups is 2. The zero-order valence-corrected chi connectivity index (χ0v) is 20.0. The molecule has 3 rings (SSSR count). The first kappa shape index (κ1) is 22.1. The van der Waals surface area contributed by atoms with Gasteiger partial charge >= 0.3 is 5.97 Å². The summed E-state index contributed by atoms with van der Waals surface area (Å²) >= 11 is 10.2. The number of carbonyl (C=O) groups excluding carboxylic acids is 2. The van der Waals surface area contributed by atoms with Crippen LogP contribution in [0.4, 0.5) is 0 Å². The highest BCUT2D eigenvalue weighted by Gasteiger charge is 2.26. The summed E-state index contributed by atoms with van der Waals surface area (Å²) in [5.41, 5.74) is 9.31. The monoisotopic (exact) mass is 586 g/mol. The topological polar surface area (TPSA) is 91.8 Å². The summed E-state index contributed by atoms with van der Waals surface area (Å²) < 4.78 is 7.56. The molecular weight excluding hydrogens is 572 g/mol. The predicted molar refractivity (Wildman–Crippen MR) is 121 cm³/mol. The molecule has 152 valence electrons. The number of nitrogens with zero attached hydrogens (tertiary/aromatic N) is 1. The van der Waals surface area contributed by atoms with Crippen LogP contribution in [0, 0.1) is 0 Å². The highest BCUT2D eigenvalue weighted by molar-refractivity contribution is 9.11. The van der Waals surface area contributed by atoms with Gasteiger partial charge in [-0.2, -0.15) is 5.10 Å². The van der Waals surface area contributed by atoms with E-state index in [1.165, 1.54) is 6.21 Å². The number of nitrogens with one attached hydrogen (secondary N) is 3. The largest absolute Gasteiger partial charge is 0.421 e. The van der Waals surface area contributed by atoms with E-state index in [9.17, 15) is 9.59 Å². The second-order valence-electron chi connectivity index (χ2n) is 6.39. The maximum absolute atomic E-state index is 12.6. The number of esters is 1. The maximum Gasteiger partial charge on any atom is 0.344 e. The lowest BCUT2D eigenvalue weighted by Gasteiger charge is -2.11. The van der Waals surface area contributed by atoms with Gasteiger partial charge in [0.05, 0.1) is 16.3 Å². The molecule has 0 aromatic heterocycles. The molecule has 1 saturated heterocycles. The van der Waals surface area contributed by atoms with Crippen molar-refractivity contribution < 1.29 is 14.3 Å². The molecule has 3 N–H and O–H groups in total. The first-order valence-corrected chi connectivity index (χ1v) is 11.0. The third-order valence-corrected chi connectivity index (χ3v) is 5.85. The predicted octanol–water partition coefficient (Wildman–Crippen LogP) is 3.90. The van der Waals surface area contributed by atoms with Crippen molar-refractivity contribution in [3.63, 3.8) is 0 Å². The van der Waals surface area contributed by atoms with Gasteiger partial charge in [0.2, 0.25) is 0 Å². The van der Waals surface area contributed by atoms with Crippen LogP contribution in [-0.2, 0) is 4.79 Å². The summed E-state index contributed by atoms with van der Waals surface area (Å²) in [5.74, 6) is -0.477. The Morgan fingerprint density at radius 1 is 1.17 bits per heavy atom. The average molecular weight is 589 g/mol. The van der Waals surface area contributed by atoms with Gasteiger partial charge in [-0.15, -0.1) is 0 Å². The van der Waals surface area contributed by atoms with Crippen molar-refractivity contribution >= 4 is 65.9 Å². The minimum absolute atomic E-state index is 0.207. The third-order valence-electron chi connectivity index (χ3n) is 4.11. The van der Waals surface area contributed by atoms with Gasteiger partial charge in [0.25, 0.3) is 5.91 Å². The summed E-state index contributed by atoms with van der Waals surface area (Å²) in [6, 6.07) is 10.3. The van der Waals surface area contributed by atoms with E-state index < -0.39 is 5.97 Å². The molecule has 7 nitrogen and oxygen atoms in total.